The monoisotopic (exact) mass is 270 g/mol. The molecule has 1 aliphatic rings. The summed E-state index contributed by atoms with van der Waals surface area (Å²) in [6.07, 6.45) is 0. The molecule has 0 aromatic heterocycles. The maximum Gasteiger partial charge on any atom is 0.119 e. The summed E-state index contributed by atoms with van der Waals surface area (Å²) in [6.45, 7) is 6.62. The smallest absolute Gasteiger partial charge is 0.119 e. The molecule has 2 unspecified atom stereocenters. The van der Waals surface area contributed by atoms with Crippen molar-refractivity contribution in [2.45, 2.75) is 25.9 Å². The third kappa shape index (κ3) is 2.46. The highest BCUT2D eigenvalue weighted by Crippen LogP contribution is 2.27. The lowest BCUT2D eigenvalue weighted by atomic mass is 10.1. The van der Waals surface area contributed by atoms with E-state index in [9.17, 15) is 0 Å². The summed E-state index contributed by atoms with van der Waals surface area (Å²) >= 11 is 0. The Kier molecular flexibility index (Phi) is 3.53. The zero-order valence-corrected chi connectivity index (χ0v) is 12.4. The Bertz CT molecular complexity index is 611. The summed E-state index contributed by atoms with van der Waals surface area (Å²) < 4.78 is 5.28. The van der Waals surface area contributed by atoms with Crippen molar-refractivity contribution in [2.75, 3.05) is 25.1 Å². The van der Waals surface area contributed by atoms with Crippen LogP contribution in [0.4, 0.5) is 5.69 Å². The van der Waals surface area contributed by atoms with Gasteiger partial charge in [-0.1, -0.05) is 12.1 Å². The summed E-state index contributed by atoms with van der Waals surface area (Å²) in [4.78, 5) is 2.49. The van der Waals surface area contributed by atoms with E-state index >= 15 is 0 Å². The van der Waals surface area contributed by atoms with E-state index in [4.69, 9.17) is 4.74 Å². The van der Waals surface area contributed by atoms with E-state index in [1.165, 1.54) is 16.5 Å². The van der Waals surface area contributed by atoms with Crippen molar-refractivity contribution in [3.05, 3.63) is 36.4 Å². The highest BCUT2D eigenvalue weighted by Gasteiger charge is 2.22. The van der Waals surface area contributed by atoms with Crippen LogP contribution < -0.4 is 15.0 Å². The molecule has 0 bridgehead atoms. The van der Waals surface area contributed by atoms with Gasteiger partial charge in [0.15, 0.2) is 0 Å². The molecule has 1 fully saturated rings. The van der Waals surface area contributed by atoms with E-state index in [2.05, 4.69) is 54.4 Å². The average Bonchev–Trinajstić information content (AvgIpc) is 2.48. The van der Waals surface area contributed by atoms with E-state index in [0.717, 1.165) is 18.8 Å². The molecule has 3 heteroatoms. The van der Waals surface area contributed by atoms with Crippen LogP contribution in [0.5, 0.6) is 5.75 Å². The van der Waals surface area contributed by atoms with Gasteiger partial charge in [0.05, 0.1) is 7.11 Å². The Labute approximate surface area is 120 Å². The third-order valence-electron chi connectivity index (χ3n) is 4.13. The number of methoxy groups -OCH3 is 1. The van der Waals surface area contributed by atoms with Gasteiger partial charge in [-0.2, -0.15) is 0 Å². The molecule has 1 saturated heterocycles. The van der Waals surface area contributed by atoms with Crippen molar-refractivity contribution in [1.29, 1.82) is 0 Å². The first-order valence-electron chi connectivity index (χ1n) is 7.25. The lowest BCUT2D eigenvalue weighted by Crippen LogP contribution is -2.54. The molecule has 1 N–H and O–H groups in total. The third-order valence-corrected chi connectivity index (χ3v) is 4.13. The van der Waals surface area contributed by atoms with Crippen LogP contribution in [0.25, 0.3) is 10.8 Å². The van der Waals surface area contributed by atoms with Crippen molar-refractivity contribution in [3.8, 4) is 5.75 Å². The van der Waals surface area contributed by atoms with Crippen LogP contribution in [0.3, 0.4) is 0 Å². The minimum Gasteiger partial charge on any atom is -0.497 e. The van der Waals surface area contributed by atoms with Gasteiger partial charge < -0.3 is 15.0 Å². The molecule has 106 valence electrons. The molecule has 0 amide bonds. The zero-order chi connectivity index (χ0) is 14.1. The Morgan fingerprint density at radius 2 is 1.85 bits per heavy atom. The minimum absolute atomic E-state index is 0.530. The van der Waals surface area contributed by atoms with Gasteiger partial charge in [-0.3, -0.25) is 0 Å². The quantitative estimate of drug-likeness (QED) is 0.908. The number of anilines is 1. The van der Waals surface area contributed by atoms with Crippen LogP contribution in [0.2, 0.25) is 0 Å². The molecule has 20 heavy (non-hydrogen) atoms. The van der Waals surface area contributed by atoms with E-state index in [1.807, 2.05) is 6.07 Å². The molecule has 0 spiro atoms. The standard InChI is InChI=1S/C17H22N2O/c1-12-11-19(13(2)10-18-12)16-6-4-15-9-17(20-3)7-5-14(15)8-16/h4-9,12-13,18H,10-11H2,1-3H3. The number of hydrogen-bond acceptors (Lipinski definition) is 3. The van der Waals surface area contributed by atoms with Gasteiger partial charge in [0.25, 0.3) is 0 Å². The van der Waals surface area contributed by atoms with Crippen LogP contribution >= 0.6 is 0 Å². The fourth-order valence-corrected chi connectivity index (χ4v) is 2.90. The topological polar surface area (TPSA) is 24.5 Å². The molecule has 0 aliphatic carbocycles. The first kappa shape index (κ1) is 13.3. The fourth-order valence-electron chi connectivity index (χ4n) is 2.90. The second-order valence-corrected chi connectivity index (χ2v) is 5.71. The van der Waals surface area contributed by atoms with E-state index < -0.39 is 0 Å². The summed E-state index contributed by atoms with van der Waals surface area (Å²) in [5.74, 6) is 0.911. The van der Waals surface area contributed by atoms with Crippen molar-refractivity contribution in [2.24, 2.45) is 0 Å². The minimum atomic E-state index is 0.530. The van der Waals surface area contributed by atoms with E-state index in [1.54, 1.807) is 7.11 Å². The highest BCUT2D eigenvalue weighted by molar-refractivity contribution is 5.87. The Morgan fingerprint density at radius 3 is 2.65 bits per heavy atom. The SMILES string of the molecule is COc1ccc2cc(N3CC(C)NCC3C)ccc2c1. The van der Waals surface area contributed by atoms with Gasteiger partial charge in [-0.25, -0.2) is 0 Å². The molecule has 0 radical (unpaired) electrons. The number of fused-ring (bicyclic) bond motifs is 1. The largest absolute Gasteiger partial charge is 0.497 e. The summed E-state index contributed by atoms with van der Waals surface area (Å²) in [7, 11) is 1.71. The maximum absolute atomic E-state index is 5.28. The Hall–Kier alpha value is -1.74. The molecule has 1 heterocycles. The van der Waals surface area contributed by atoms with Crippen LogP contribution in [0.1, 0.15) is 13.8 Å². The molecule has 3 nitrogen and oxygen atoms in total. The van der Waals surface area contributed by atoms with Gasteiger partial charge in [0.1, 0.15) is 5.75 Å². The van der Waals surface area contributed by atoms with Gasteiger partial charge in [0, 0.05) is 30.9 Å². The second kappa shape index (κ2) is 5.33. The highest BCUT2D eigenvalue weighted by atomic mass is 16.5. The summed E-state index contributed by atoms with van der Waals surface area (Å²) in [6, 6.07) is 14.0. The number of nitrogens with one attached hydrogen (secondary N) is 1. The summed E-state index contributed by atoms with van der Waals surface area (Å²) in [5, 5.41) is 6.02. The maximum atomic E-state index is 5.28. The Morgan fingerprint density at radius 1 is 1.10 bits per heavy atom. The first-order valence-corrected chi connectivity index (χ1v) is 7.25. The molecule has 1 aliphatic heterocycles. The van der Waals surface area contributed by atoms with Crippen molar-refractivity contribution >= 4 is 16.5 Å². The molecule has 3 rings (SSSR count). The number of piperazine rings is 1. The molecule has 2 atom stereocenters. The predicted octanol–water partition coefficient (Wildman–Crippen LogP) is 3.04. The first-order chi connectivity index (χ1) is 9.67. The van der Waals surface area contributed by atoms with Crippen molar-refractivity contribution in [1.82, 2.24) is 5.32 Å². The van der Waals surface area contributed by atoms with Crippen molar-refractivity contribution < 1.29 is 4.74 Å². The Balaban J connectivity index is 1.96. The summed E-state index contributed by atoms with van der Waals surface area (Å²) in [5.41, 5.74) is 1.31. The lowest BCUT2D eigenvalue weighted by molar-refractivity contribution is 0.415. The molecule has 2 aromatic rings. The molecular weight excluding hydrogens is 248 g/mol. The van der Waals surface area contributed by atoms with Crippen LogP contribution in [-0.4, -0.2) is 32.3 Å². The van der Waals surface area contributed by atoms with Crippen LogP contribution in [-0.2, 0) is 0 Å². The van der Waals surface area contributed by atoms with Gasteiger partial charge >= 0.3 is 0 Å². The van der Waals surface area contributed by atoms with Gasteiger partial charge in [-0.15, -0.1) is 0 Å². The van der Waals surface area contributed by atoms with Crippen LogP contribution in [0.15, 0.2) is 36.4 Å². The van der Waals surface area contributed by atoms with E-state index in [0.29, 0.717) is 12.1 Å². The van der Waals surface area contributed by atoms with Gasteiger partial charge in [0.2, 0.25) is 0 Å². The normalized spacial score (nSPS) is 23.1. The van der Waals surface area contributed by atoms with Crippen molar-refractivity contribution in [3.63, 3.8) is 0 Å². The second-order valence-electron chi connectivity index (χ2n) is 5.71. The average molecular weight is 270 g/mol. The van der Waals surface area contributed by atoms with Gasteiger partial charge in [-0.05, 0) is 48.9 Å². The number of rotatable bonds is 2. The van der Waals surface area contributed by atoms with Crippen LogP contribution in [0, 0.1) is 0 Å². The molecular formula is C17H22N2O. The molecule has 0 saturated carbocycles. The lowest BCUT2D eigenvalue weighted by Gasteiger charge is -2.39. The zero-order valence-electron chi connectivity index (χ0n) is 12.4. The fraction of sp³-hybridized carbons (Fsp3) is 0.412. The number of hydrogen-bond donors (Lipinski definition) is 1. The molecule has 2 aromatic carbocycles. The number of ether oxygens (including phenoxy) is 1. The number of nitrogens with zero attached hydrogens (tertiary/aromatic N) is 1. The number of benzene rings is 2. The predicted molar refractivity (Wildman–Crippen MR) is 84.8 cm³/mol. The van der Waals surface area contributed by atoms with E-state index in [-0.39, 0.29) is 0 Å².